The topological polar surface area (TPSA) is 60.2 Å². The Bertz CT molecular complexity index is 605. The molecular weight excluding hydrogens is 264 g/mol. The number of rotatable bonds is 5. The molecule has 0 fully saturated rings. The summed E-state index contributed by atoms with van der Waals surface area (Å²) in [7, 11) is 0. The van der Waals surface area contributed by atoms with E-state index in [2.05, 4.69) is 10.3 Å². The van der Waals surface area contributed by atoms with Gasteiger partial charge in [0.15, 0.2) is 0 Å². The second-order valence-electron chi connectivity index (χ2n) is 4.11. The van der Waals surface area contributed by atoms with Crippen LogP contribution in [-0.2, 0) is 6.54 Å². The minimum absolute atomic E-state index is 0.189. The number of anilines is 2. The zero-order chi connectivity index (χ0) is 14.5. The summed E-state index contributed by atoms with van der Waals surface area (Å²) in [6.07, 6.45) is 0. The smallest absolute Gasteiger partial charge is 0.239 e. The molecule has 0 saturated carbocycles. The van der Waals surface area contributed by atoms with Crippen molar-refractivity contribution < 1.29 is 13.5 Å². The first-order valence-corrected chi connectivity index (χ1v) is 6.17. The van der Waals surface area contributed by atoms with Crippen LogP contribution in [0.15, 0.2) is 30.3 Å². The van der Waals surface area contributed by atoms with Crippen LogP contribution in [0.2, 0.25) is 0 Å². The molecule has 0 spiro atoms. The van der Waals surface area contributed by atoms with Gasteiger partial charge in [0.05, 0.1) is 12.3 Å². The summed E-state index contributed by atoms with van der Waals surface area (Å²) < 4.78 is 31.5. The van der Waals surface area contributed by atoms with Crippen LogP contribution in [0, 0.1) is 11.6 Å². The van der Waals surface area contributed by atoms with Crippen LogP contribution in [-0.4, -0.2) is 11.6 Å². The molecule has 1 aromatic heterocycles. The average Bonchev–Trinajstić information content (AvgIpc) is 2.41. The third-order valence-corrected chi connectivity index (χ3v) is 2.65. The van der Waals surface area contributed by atoms with Crippen LogP contribution in [0.3, 0.4) is 0 Å². The lowest BCUT2D eigenvalue weighted by Crippen LogP contribution is -2.06. The summed E-state index contributed by atoms with van der Waals surface area (Å²) in [5, 5.41) is 2.94. The van der Waals surface area contributed by atoms with Gasteiger partial charge in [0, 0.05) is 18.2 Å². The van der Waals surface area contributed by atoms with Gasteiger partial charge in [-0.2, -0.15) is 4.98 Å². The van der Waals surface area contributed by atoms with Crippen molar-refractivity contribution in [1.29, 1.82) is 0 Å². The van der Waals surface area contributed by atoms with Crippen LogP contribution in [0.1, 0.15) is 12.5 Å². The van der Waals surface area contributed by atoms with E-state index in [1.54, 1.807) is 12.1 Å². The van der Waals surface area contributed by atoms with Gasteiger partial charge in [-0.15, -0.1) is 0 Å². The predicted molar refractivity (Wildman–Crippen MR) is 73.5 cm³/mol. The molecule has 2 rings (SSSR count). The van der Waals surface area contributed by atoms with E-state index < -0.39 is 11.6 Å². The molecule has 0 unspecified atom stereocenters. The first-order chi connectivity index (χ1) is 9.60. The molecule has 0 radical (unpaired) electrons. The number of ether oxygens (including phenoxy) is 1. The fourth-order valence-corrected chi connectivity index (χ4v) is 1.65. The normalized spacial score (nSPS) is 10.3. The molecule has 0 aliphatic rings. The van der Waals surface area contributed by atoms with Crippen LogP contribution < -0.4 is 15.8 Å². The Balaban J connectivity index is 2.08. The minimum atomic E-state index is -0.601. The van der Waals surface area contributed by atoms with Crippen molar-refractivity contribution in [2.75, 3.05) is 17.7 Å². The summed E-state index contributed by atoms with van der Waals surface area (Å²) in [6.45, 7) is 2.47. The molecule has 1 aromatic carbocycles. The van der Waals surface area contributed by atoms with Gasteiger partial charge in [0.25, 0.3) is 0 Å². The number of hydrogen-bond acceptors (Lipinski definition) is 4. The Morgan fingerprint density at radius 1 is 1.25 bits per heavy atom. The standard InChI is InChI=1S/C14H15F2N3O/c1-2-20-14-12(17)5-6-13(19-14)18-8-9-3-4-10(15)7-11(9)16/h3-7H,2,8,17H2,1H3,(H,18,19). The molecule has 3 N–H and O–H groups in total. The first kappa shape index (κ1) is 14.0. The quantitative estimate of drug-likeness (QED) is 0.883. The summed E-state index contributed by atoms with van der Waals surface area (Å²) >= 11 is 0. The van der Waals surface area contributed by atoms with Crippen molar-refractivity contribution in [3.8, 4) is 5.88 Å². The number of nitrogens with zero attached hydrogens (tertiary/aromatic N) is 1. The number of hydrogen-bond donors (Lipinski definition) is 2. The highest BCUT2D eigenvalue weighted by Gasteiger charge is 2.06. The van der Waals surface area contributed by atoms with Crippen molar-refractivity contribution in [2.24, 2.45) is 0 Å². The Labute approximate surface area is 115 Å². The summed E-state index contributed by atoms with van der Waals surface area (Å²) in [6, 6.07) is 6.76. The first-order valence-electron chi connectivity index (χ1n) is 6.17. The zero-order valence-electron chi connectivity index (χ0n) is 11.0. The highest BCUT2D eigenvalue weighted by Crippen LogP contribution is 2.21. The molecule has 20 heavy (non-hydrogen) atoms. The molecule has 0 atom stereocenters. The highest BCUT2D eigenvalue weighted by molar-refractivity contribution is 5.53. The maximum absolute atomic E-state index is 13.5. The number of nitrogen functional groups attached to an aromatic ring is 1. The van der Waals surface area contributed by atoms with E-state index in [-0.39, 0.29) is 6.54 Å². The summed E-state index contributed by atoms with van der Waals surface area (Å²) in [4.78, 5) is 4.17. The lowest BCUT2D eigenvalue weighted by Gasteiger charge is -2.10. The third kappa shape index (κ3) is 3.34. The van der Waals surface area contributed by atoms with Crippen LogP contribution >= 0.6 is 0 Å². The Hall–Kier alpha value is -2.37. The lowest BCUT2D eigenvalue weighted by atomic mass is 10.2. The van der Waals surface area contributed by atoms with Crippen LogP contribution in [0.5, 0.6) is 5.88 Å². The van der Waals surface area contributed by atoms with E-state index in [0.717, 1.165) is 6.07 Å². The second kappa shape index (κ2) is 6.18. The molecule has 0 saturated heterocycles. The number of aromatic nitrogens is 1. The highest BCUT2D eigenvalue weighted by atomic mass is 19.1. The van der Waals surface area contributed by atoms with Crippen molar-refractivity contribution in [3.63, 3.8) is 0 Å². The molecule has 0 aliphatic carbocycles. The largest absolute Gasteiger partial charge is 0.476 e. The number of pyridine rings is 1. The molecule has 0 amide bonds. The average molecular weight is 279 g/mol. The van der Waals surface area contributed by atoms with Gasteiger partial charge < -0.3 is 15.8 Å². The fraction of sp³-hybridized carbons (Fsp3) is 0.214. The molecule has 2 aromatic rings. The molecular formula is C14H15F2N3O. The summed E-state index contributed by atoms with van der Waals surface area (Å²) in [5.41, 5.74) is 6.49. The Morgan fingerprint density at radius 2 is 2.05 bits per heavy atom. The molecule has 106 valence electrons. The monoisotopic (exact) mass is 279 g/mol. The molecule has 0 bridgehead atoms. The number of benzene rings is 1. The van der Waals surface area contributed by atoms with Gasteiger partial charge in [-0.05, 0) is 25.1 Å². The maximum Gasteiger partial charge on any atom is 0.239 e. The van der Waals surface area contributed by atoms with Crippen LogP contribution in [0.4, 0.5) is 20.3 Å². The van der Waals surface area contributed by atoms with Gasteiger partial charge >= 0.3 is 0 Å². The number of nitrogens with one attached hydrogen (secondary N) is 1. The van der Waals surface area contributed by atoms with Gasteiger partial charge in [-0.3, -0.25) is 0 Å². The van der Waals surface area contributed by atoms with E-state index in [9.17, 15) is 8.78 Å². The van der Waals surface area contributed by atoms with Gasteiger partial charge in [-0.1, -0.05) is 6.07 Å². The molecule has 0 aliphatic heterocycles. The lowest BCUT2D eigenvalue weighted by molar-refractivity contribution is 0.329. The predicted octanol–water partition coefficient (Wildman–Crippen LogP) is 2.95. The minimum Gasteiger partial charge on any atom is -0.476 e. The van der Waals surface area contributed by atoms with Crippen LogP contribution in [0.25, 0.3) is 0 Å². The zero-order valence-corrected chi connectivity index (χ0v) is 11.0. The van der Waals surface area contributed by atoms with Crippen molar-refractivity contribution in [1.82, 2.24) is 4.98 Å². The third-order valence-electron chi connectivity index (χ3n) is 2.65. The van der Waals surface area contributed by atoms with E-state index in [1.165, 1.54) is 12.1 Å². The maximum atomic E-state index is 13.5. The van der Waals surface area contributed by atoms with Crippen molar-refractivity contribution in [3.05, 3.63) is 47.5 Å². The van der Waals surface area contributed by atoms with Crippen molar-refractivity contribution in [2.45, 2.75) is 13.5 Å². The van der Waals surface area contributed by atoms with Gasteiger partial charge in [0.1, 0.15) is 17.5 Å². The fourth-order valence-electron chi connectivity index (χ4n) is 1.65. The molecule has 4 nitrogen and oxygen atoms in total. The molecule has 6 heteroatoms. The SMILES string of the molecule is CCOc1nc(NCc2ccc(F)cc2F)ccc1N. The Kier molecular flexibility index (Phi) is 4.34. The van der Waals surface area contributed by atoms with Gasteiger partial charge in [0.2, 0.25) is 5.88 Å². The van der Waals surface area contributed by atoms with E-state index >= 15 is 0 Å². The second-order valence-corrected chi connectivity index (χ2v) is 4.11. The van der Waals surface area contributed by atoms with E-state index in [1.807, 2.05) is 6.92 Å². The van der Waals surface area contributed by atoms with Crippen molar-refractivity contribution >= 4 is 11.5 Å². The van der Waals surface area contributed by atoms with E-state index in [0.29, 0.717) is 29.6 Å². The van der Waals surface area contributed by atoms with Gasteiger partial charge in [-0.25, -0.2) is 8.78 Å². The summed E-state index contributed by atoms with van der Waals surface area (Å²) in [5.74, 6) is -0.364. The Morgan fingerprint density at radius 3 is 2.75 bits per heavy atom. The molecule has 1 heterocycles. The number of nitrogens with two attached hydrogens (primary N) is 1. The van der Waals surface area contributed by atoms with E-state index in [4.69, 9.17) is 10.5 Å². The number of halogens is 2.